The monoisotopic (exact) mass is 182 g/mol. The number of methoxy groups -OCH3 is 1. The van der Waals surface area contributed by atoms with E-state index >= 15 is 0 Å². The summed E-state index contributed by atoms with van der Waals surface area (Å²) in [6.45, 7) is 0. The summed E-state index contributed by atoms with van der Waals surface area (Å²) in [7, 11) is 1.59. The number of hydrogen-bond acceptors (Lipinski definition) is 3. The van der Waals surface area contributed by atoms with Crippen molar-refractivity contribution in [2.24, 2.45) is 0 Å². The minimum atomic E-state index is -1.72. The van der Waals surface area contributed by atoms with E-state index in [1.54, 1.807) is 18.9 Å². The zero-order valence-electron chi connectivity index (χ0n) is 5.70. The van der Waals surface area contributed by atoms with Crippen molar-refractivity contribution in [2.75, 3.05) is 24.4 Å². The van der Waals surface area contributed by atoms with Gasteiger partial charge in [-0.05, 0) is 0 Å². The molecule has 1 aliphatic heterocycles. The second-order valence-corrected chi connectivity index (χ2v) is 4.26. The molecule has 5 heteroatoms. The summed E-state index contributed by atoms with van der Waals surface area (Å²) >= 11 is 0.0182. The van der Waals surface area contributed by atoms with E-state index < -0.39 is 11.1 Å². The molecule has 1 unspecified atom stereocenters. The summed E-state index contributed by atoms with van der Waals surface area (Å²) in [6, 6.07) is 0. The molecule has 0 aromatic carbocycles. The lowest BCUT2D eigenvalue weighted by Gasteiger charge is -2.38. The maximum Gasteiger partial charge on any atom is 0.155 e. The molecule has 1 saturated heterocycles. The van der Waals surface area contributed by atoms with Crippen LogP contribution in [0.2, 0.25) is 0 Å². The standard InChI is InChI=1S/C5H10O3S2/c1-8-5(2-9-3-5)4-10(6)7/h2-4H2,1H3,(H,6,7). The highest BCUT2D eigenvalue weighted by molar-refractivity contribution is 8.01. The fraction of sp³-hybridized carbons (Fsp3) is 1.00. The van der Waals surface area contributed by atoms with Crippen LogP contribution in [0.5, 0.6) is 0 Å². The van der Waals surface area contributed by atoms with E-state index in [-0.39, 0.29) is 11.4 Å². The molecule has 1 fully saturated rings. The van der Waals surface area contributed by atoms with Crippen LogP contribution in [-0.4, -0.2) is 38.7 Å². The van der Waals surface area contributed by atoms with E-state index in [4.69, 9.17) is 9.29 Å². The molecule has 0 saturated carbocycles. The molecule has 0 amide bonds. The first-order valence-electron chi connectivity index (χ1n) is 2.89. The molecule has 1 rings (SSSR count). The lowest BCUT2D eigenvalue weighted by Crippen LogP contribution is -2.49. The summed E-state index contributed by atoms with van der Waals surface area (Å²) in [4.78, 5) is 0. The molecule has 1 atom stereocenters. The average Bonchev–Trinajstić information content (AvgIpc) is 1.78. The van der Waals surface area contributed by atoms with Crippen LogP contribution in [-0.2, 0) is 15.8 Å². The lowest BCUT2D eigenvalue weighted by molar-refractivity contribution is 0.0411. The average molecular weight is 182 g/mol. The molecule has 0 radical (unpaired) electrons. The van der Waals surface area contributed by atoms with Gasteiger partial charge in [-0.2, -0.15) is 11.8 Å². The zero-order valence-corrected chi connectivity index (χ0v) is 7.33. The van der Waals surface area contributed by atoms with Gasteiger partial charge < -0.3 is 9.29 Å². The van der Waals surface area contributed by atoms with Crippen molar-refractivity contribution in [2.45, 2.75) is 5.60 Å². The van der Waals surface area contributed by atoms with Gasteiger partial charge in [-0.15, -0.1) is 0 Å². The van der Waals surface area contributed by atoms with E-state index in [1.165, 1.54) is 0 Å². The number of ether oxygens (including phenoxy) is 1. The first-order chi connectivity index (χ1) is 4.68. The second kappa shape index (κ2) is 3.21. The van der Waals surface area contributed by atoms with Gasteiger partial charge in [0.25, 0.3) is 0 Å². The summed E-state index contributed by atoms with van der Waals surface area (Å²) in [5, 5.41) is 0. The summed E-state index contributed by atoms with van der Waals surface area (Å²) in [5.41, 5.74) is -0.301. The second-order valence-electron chi connectivity index (χ2n) is 2.35. The molecular formula is C5H10O3S2. The smallest absolute Gasteiger partial charge is 0.155 e. The van der Waals surface area contributed by atoms with Crippen molar-refractivity contribution in [3.63, 3.8) is 0 Å². The predicted molar refractivity (Wildman–Crippen MR) is 42.7 cm³/mol. The Morgan fingerprint density at radius 3 is 2.50 bits per heavy atom. The number of rotatable bonds is 3. The maximum absolute atomic E-state index is 10.4. The van der Waals surface area contributed by atoms with Crippen LogP contribution < -0.4 is 0 Å². The maximum atomic E-state index is 10.4. The van der Waals surface area contributed by atoms with E-state index in [2.05, 4.69) is 0 Å². The predicted octanol–water partition coefficient (Wildman–Crippen LogP) is 0.340. The Hall–Kier alpha value is 0.420. The van der Waals surface area contributed by atoms with Gasteiger partial charge in [0.2, 0.25) is 0 Å². The molecule has 1 N–H and O–H groups in total. The van der Waals surface area contributed by atoms with E-state index in [0.717, 1.165) is 11.5 Å². The van der Waals surface area contributed by atoms with Crippen molar-refractivity contribution >= 4 is 22.8 Å². The van der Waals surface area contributed by atoms with Crippen molar-refractivity contribution in [1.82, 2.24) is 0 Å². The topological polar surface area (TPSA) is 46.5 Å². The van der Waals surface area contributed by atoms with Gasteiger partial charge in [0, 0.05) is 18.6 Å². The highest BCUT2D eigenvalue weighted by Gasteiger charge is 2.39. The highest BCUT2D eigenvalue weighted by Crippen LogP contribution is 2.32. The highest BCUT2D eigenvalue weighted by atomic mass is 32.2. The van der Waals surface area contributed by atoms with Crippen molar-refractivity contribution < 1.29 is 13.5 Å². The number of hydrogen-bond donors (Lipinski definition) is 1. The summed E-state index contributed by atoms with van der Waals surface area (Å²) < 4.78 is 24.1. The van der Waals surface area contributed by atoms with Crippen LogP contribution in [0.25, 0.3) is 0 Å². The lowest BCUT2D eigenvalue weighted by atomic mass is 10.1. The van der Waals surface area contributed by atoms with Gasteiger partial charge >= 0.3 is 0 Å². The molecular weight excluding hydrogens is 172 g/mol. The van der Waals surface area contributed by atoms with Crippen molar-refractivity contribution in [3.8, 4) is 0 Å². The molecule has 0 spiro atoms. The minimum absolute atomic E-state index is 0.247. The Kier molecular flexibility index (Phi) is 2.74. The fourth-order valence-corrected chi connectivity index (χ4v) is 2.94. The van der Waals surface area contributed by atoms with Crippen LogP contribution in [0, 0.1) is 0 Å². The van der Waals surface area contributed by atoms with Crippen LogP contribution >= 0.6 is 11.8 Å². The number of thioether (sulfide) groups is 1. The Bertz CT molecular complexity index is 138. The Morgan fingerprint density at radius 2 is 2.40 bits per heavy atom. The molecule has 1 aliphatic rings. The third-order valence-electron chi connectivity index (χ3n) is 1.55. The van der Waals surface area contributed by atoms with E-state index in [0.29, 0.717) is 0 Å². The third kappa shape index (κ3) is 1.72. The van der Waals surface area contributed by atoms with Crippen molar-refractivity contribution in [1.29, 1.82) is 0 Å². The molecule has 10 heavy (non-hydrogen) atoms. The Balaban J connectivity index is 2.40. The fourth-order valence-electron chi connectivity index (χ4n) is 0.815. The first kappa shape index (κ1) is 8.52. The van der Waals surface area contributed by atoms with Crippen LogP contribution in [0.3, 0.4) is 0 Å². The van der Waals surface area contributed by atoms with Gasteiger partial charge in [0.1, 0.15) is 0 Å². The van der Waals surface area contributed by atoms with Gasteiger partial charge in [0.05, 0.1) is 11.4 Å². The van der Waals surface area contributed by atoms with Crippen molar-refractivity contribution in [3.05, 3.63) is 0 Å². The molecule has 0 aliphatic carbocycles. The molecule has 1 heterocycles. The molecule has 0 aromatic rings. The SMILES string of the molecule is COC1(CS(=O)O)CSC1. The minimum Gasteiger partial charge on any atom is -0.375 e. The zero-order chi connectivity index (χ0) is 7.61. The molecule has 3 nitrogen and oxygen atoms in total. The van der Waals surface area contributed by atoms with Gasteiger partial charge in [0.15, 0.2) is 11.1 Å². The van der Waals surface area contributed by atoms with E-state index in [1.807, 2.05) is 0 Å². The molecule has 60 valence electrons. The Labute approximate surface area is 66.8 Å². The molecule has 0 bridgehead atoms. The van der Waals surface area contributed by atoms with Crippen LogP contribution in [0.1, 0.15) is 0 Å². The van der Waals surface area contributed by atoms with Gasteiger partial charge in [-0.25, -0.2) is 4.21 Å². The Morgan fingerprint density at radius 1 is 1.80 bits per heavy atom. The van der Waals surface area contributed by atoms with Crippen LogP contribution in [0.15, 0.2) is 0 Å². The first-order valence-corrected chi connectivity index (χ1v) is 5.32. The van der Waals surface area contributed by atoms with Crippen LogP contribution in [0.4, 0.5) is 0 Å². The van der Waals surface area contributed by atoms with Gasteiger partial charge in [-0.1, -0.05) is 0 Å². The summed E-state index contributed by atoms with van der Waals surface area (Å²) in [6.07, 6.45) is 0. The molecule has 0 aromatic heterocycles. The third-order valence-corrected chi connectivity index (χ3v) is 3.78. The quantitative estimate of drug-likeness (QED) is 0.639. The van der Waals surface area contributed by atoms with Gasteiger partial charge in [-0.3, -0.25) is 0 Å². The summed E-state index contributed by atoms with van der Waals surface area (Å²) in [5.74, 6) is 1.93. The van der Waals surface area contributed by atoms with E-state index in [9.17, 15) is 4.21 Å². The normalized spacial score (nSPS) is 25.4. The largest absolute Gasteiger partial charge is 0.375 e.